The average molecular weight is 251 g/mol. The summed E-state index contributed by atoms with van der Waals surface area (Å²) in [4.78, 5) is 18.7. The van der Waals surface area contributed by atoms with Crippen LogP contribution in [0.5, 0.6) is 0 Å². The molecule has 1 aromatic heterocycles. The van der Waals surface area contributed by atoms with Crippen LogP contribution in [0.15, 0.2) is 5.16 Å². The quantitative estimate of drug-likeness (QED) is 0.770. The van der Waals surface area contributed by atoms with Gasteiger partial charge in [0, 0.05) is 0 Å². The fraction of sp³-hybridized carbons (Fsp3) is 0.833. The van der Waals surface area contributed by atoms with E-state index in [1.165, 1.54) is 0 Å². The van der Waals surface area contributed by atoms with Crippen LogP contribution in [0.4, 0.5) is 0 Å². The van der Waals surface area contributed by atoms with Crippen molar-refractivity contribution in [3.63, 3.8) is 0 Å². The van der Waals surface area contributed by atoms with Gasteiger partial charge in [0.2, 0.25) is 5.16 Å². The predicted molar refractivity (Wildman–Crippen MR) is 54.3 cm³/mol. The molecule has 0 amide bonds. The Kier molecular flexibility index (Phi) is 3.44. The lowest BCUT2D eigenvalue weighted by molar-refractivity contribution is 0.235. The van der Waals surface area contributed by atoms with Crippen LogP contribution >= 0.6 is 20.2 Å². The molecule has 0 fully saturated rings. The van der Waals surface area contributed by atoms with Crippen LogP contribution in [0.25, 0.3) is 0 Å². The Morgan fingerprint density at radius 2 is 2.00 bits per heavy atom. The van der Waals surface area contributed by atoms with Gasteiger partial charge in [-0.1, -0.05) is 18.9 Å². The van der Waals surface area contributed by atoms with Crippen LogP contribution in [0.2, 0.25) is 0 Å². The molecule has 0 aliphatic heterocycles. The second-order valence-corrected chi connectivity index (χ2v) is 5.39. The second kappa shape index (κ2) is 4.13. The molecule has 0 spiro atoms. The highest BCUT2D eigenvalue weighted by molar-refractivity contribution is 7.80. The summed E-state index contributed by atoms with van der Waals surface area (Å²) in [7, 11) is -4.37. The van der Waals surface area contributed by atoms with Gasteiger partial charge in [-0.15, -0.1) is 0 Å². The molecular weight excluding hydrogens is 239 g/mol. The van der Waals surface area contributed by atoms with E-state index in [9.17, 15) is 14.4 Å². The fourth-order valence-corrected chi connectivity index (χ4v) is 3.05. The molecule has 2 N–H and O–H groups in total. The van der Waals surface area contributed by atoms with Gasteiger partial charge in [0.05, 0.1) is 0 Å². The first-order valence-corrected chi connectivity index (χ1v) is 6.42. The van der Waals surface area contributed by atoms with E-state index in [4.69, 9.17) is 12.6 Å². The molecular formula is C6H12N4O3PS. The van der Waals surface area contributed by atoms with Crippen molar-refractivity contribution >= 4 is 20.2 Å². The maximum atomic E-state index is 11.5. The van der Waals surface area contributed by atoms with E-state index in [2.05, 4.69) is 15.5 Å². The maximum Gasteiger partial charge on any atom is 0.353 e. The van der Waals surface area contributed by atoms with Crippen LogP contribution in [-0.2, 0) is 9.85 Å². The standard InChI is InChI=1S/C6H12N4O3PS/c1-3-6(4-2,14(11,12)13)10-5(15)7-8-9-10/h3-4H2,1-2H3,(H2,11,12,13). The molecule has 1 radical (unpaired) electrons. The zero-order chi connectivity index (χ0) is 11.7. The van der Waals surface area contributed by atoms with Gasteiger partial charge in [-0.05, 0) is 35.9 Å². The first kappa shape index (κ1) is 12.5. The van der Waals surface area contributed by atoms with E-state index in [0.717, 1.165) is 4.68 Å². The summed E-state index contributed by atoms with van der Waals surface area (Å²) in [5.74, 6) is 0. The van der Waals surface area contributed by atoms with Crippen molar-refractivity contribution in [3.05, 3.63) is 0 Å². The van der Waals surface area contributed by atoms with Crippen molar-refractivity contribution in [1.29, 1.82) is 0 Å². The third kappa shape index (κ3) is 1.90. The number of tetrazole rings is 1. The molecule has 0 saturated carbocycles. The first-order valence-electron chi connectivity index (χ1n) is 4.40. The van der Waals surface area contributed by atoms with Crippen molar-refractivity contribution < 1.29 is 14.4 Å². The Bertz CT molecular complexity index is 385. The largest absolute Gasteiger partial charge is 0.353 e. The summed E-state index contributed by atoms with van der Waals surface area (Å²) < 4.78 is 12.5. The van der Waals surface area contributed by atoms with Gasteiger partial charge in [0.25, 0.3) is 0 Å². The van der Waals surface area contributed by atoms with E-state index in [1.807, 2.05) is 0 Å². The molecule has 0 aliphatic carbocycles. The van der Waals surface area contributed by atoms with Gasteiger partial charge in [-0.3, -0.25) is 4.57 Å². The lowest BCUT2D eigenvalue weighted by Gasteiger charge is -2.31. The van der Waals surface area contributed by atoms with E-state index in [1.54, 1.807) is 13.8 Å². The summed E-state index contributed by atoms with van der Waals surface area (Å²) in [5, 5.41) is 8.90. The van der Waals surface area contributed by atoms with E-state index < -0.39 is 12.9 Å². The van der Waals surface area contributed by atoms with Crippen LogP contribution < -0.4 is 0 Å². The molecule has 0 atom stereocenters. The average Bonchev–Trinajstić information content (AvgIpc) is 2.53. The Hall–Kier alpha value is -0.560. The molecule has 1 heterocycles. The third-order valence-electron chi connectivity index (χ3n) is 2.51. The van der Waals surface area contributed by atoms with Gasteiger partial charge in [-0.25, -0.2) is 0 Å². The van der Waals surface area contributed by atoms with Gasteiger partial charge in [0.15, 0.2) is 5.28 Å². The maximum absolute atomic E-state index is 11.5. The fourth-order valence-electron chi connectivity index (χ4n) is 1.53. The topological polar surface area (TPSA) is 101 Å². The normalized spacial score (nSPS) is 13.1. The van der Waals surface area contributed by atoms with Crippen molar-refractivity contribution in [2.45, 2.75) is 37.1 Å². The molecule has 0 bridgehead atoms. The molecule has 0 saturated heterocycles. The van der Waals surface area contributed by atoms with Crippen molar-refractivity contribution in [2.24, 2.45) is 0 Å². The lowest BCUT2D eigenvalue weighted by Crippen LogP contribution is -2.33. The number of nitrogens with zero attached hydrogens (tertiary/aromatic N) is 4. The van der Waals surface area contributed by atoms with E-state index in [-0.39, 0.29) is 18.0 Å². The summed E-state index contributed by atoms with van der Waals surface area (Å²) in [6.45, 7) is 3.33. The smallest absolute Gasteiger partial charge is 0.323 e. The number of hydrogen-bond donors (Lipinski definition) is 2. The van der Waals surface area contributed by atoms with E-state index in [0.29, 0.717) is 0 Å². The van der Waals surface area contributed by atoms with Gasteiger partial charge >= 0.3 is 7.60 Å². The summed E-state index contributed by atoms with van der Waals surface area (Å²) in [6, 6.07) is 0. The molecule has 0 aromatic carbocycles. The Labute approximate surface area is 92.4 Å². The SMILES string of the molecule is CCC(CC)(n1nnnc1[S])P(=O)(O)O. The minimum Gasteiger partial charge on any atom is -0.323 e. The van der Waals surface area contributed by atoms with Gasteiger partial charge < -0.3 is 9.79 Å². The predicted octanol–water partition coefficient (Wildman–Crippen LogP) is 0.880. The number of rotatable bonds is 4. The van der Waals surface area contributed by atoms with Crippen molar-refractivity contribution in [1.82, 2.24) is 20.2 Å². The number of hydrogen-bond acceptors (Lipinski definition) is 4. The molecule has 9 heteroatoms. The van der Waals surface area contributed by atoms with Crippen LogP contribution in [0.1, 0.15) is 26.7 Å². The minimum absolute atomic E-state index is 0.0120. The highest BCUT2D eigenvalue weighted by Gasteiger charge is 2.48. The van der Waals surface area contributed by atoms with Crippen LogP contribution in [-0.4, -0.2) is 30.0 Å². The molecule has 7 nitrogen and oxygen atoms in total. The molecule has 0 aliphatic rings. The monoisotopic (exact) mass is 251 g/mol. The molecule has 85 valence electrons. The molecule has 15 heavy (non-hydrogen) atoms. The minimum atomic E-state index is -4.37. The lowest BCUT2D eigenvalue weighted by atomic mass is 10.1. The van der Waals surface area contributed by atoms with Crippen molar-refractivity contribution in [3.8, 4) is 0 Å². The Balaban J connectivity index is 3.37. The van der Waals surface area contributed by atoms with Gasteiger partial charge in [0.1, 0.15) is 0 Å². The molecule has 1 aromatic rings. The van der Waals surface area contributed by atoms with E-state index >= 15 is 0 Å². The van der Waals surface area contributed by atoms with Gasteiger partial charge in [-0.2, -0.15) is 4.68 Å². The highest BCUT2D eigenvalue weighted by Crippen LogP contribution is 2.57. The molecule has 1 rings (SSSR count). The Morgan fingerprint density at radius 3 is 2.27 bits per heavy atom. The summed E-state index contributed by atoms with van der Waals surface area (Å²) in [5.41, 5.74) is 0. The van der Waals surface area contributed by atoms with Crippen LogP contribution in [0.3, 0.4) is 0 Å². The van der Waals surface area contributed by atoms with Crippen LogP contribution in [0, 0.1) is 0 Å². The van der Waals surface area contributed by atoms with Crippen molar-refractivity contribution in [2.75, 3.05) is 0 Å². The Morgan fingerprint density at radius 1 is 1.47 bits per heavy atom. The third-order valence-corrected chi connectivity index (χ3v) is 4.67. The summed E-state index contributed by atoms with van der Waals surface area (Å²) >= 11 is 4.82. The highest BCUT2D eigenvalue weighted by atomic mass is 32.1. The zero-order valence-electron chi connectivity index (χ0n) is 8.36. The summed E-state index contributed by atoms with van der Waals surface area (Å²) in [6.07, 6.45) is 0.422. The number of aromatic nitrogens is 4. The first-order chi connectivity index (χ1) is 6.89. The molecule has 0 unspecified atom stereocenters. The second-order valence-electron chi connectivity index (χ2n) is 3.11. The zero-order valence-corrected chi connectivity index (χ0v) is 10.1.